The molecular weight excluding hydrogens is 202 g/mol. The molecule has 1 aromatic heterocycles. The van der Waals surface area contributed by atoms with E-state index in [4.69, 9.17) is 0 Å². The van der Waals surface area contributed by atoms with E-state index in [2.05, 4.69) is 30.5 Å². The van der Waals surface area contributed by atoms with Crippen molar-refractivity contribution in [2.45, 2.75) is 45.4 Å². The quantitative estimate of drug-likeness (QED) is 0.765. The van der Waals surface area contributed by atoms with E-state index in [1.54, 1.807) is 0 Å². The summed E-state index contributed by atoms with van der Waals surface area (Å²) in [4.78, 5) is 0. The highest BCUT2D eigenvalue weighted by atomic mass is 16.3. The molecule has 2 rings (SSSR count). The maximum Gasteiger partial charge on any atom is 0.0692 e. The van der Waals surface area contributed by atoms with Gasteiger partial charge in [-0.05, 0) is 32.6 Å². The van der Waals surface area contributed by atoms with Crippen LogP contribution in [0.15, 0.2) is 12.4 Å². The molecule has 4 nitrogen and oxygen atoms in total. The molecule has 1 saturated carbocycles. The van der Waals surface area contributed by atoms with Gasteiger partial charge in [0, 0.05) is 30.9 Å². The minimum Gasteiger partial charge on any atom is -0.392 e. The van der Waals surface area contributed by atoms with Gasteiger partial charge in [-0.25, -0.2) is 0 Å². The second-order valence-electron chi connectivity index (χ2n) is 4.66. The first-order valence-corrected chi connectivity index (χ1v) is 6.14. The number of nitrogens with zero attached hydrogens (tertiary/aromatic N) is 2. The predicted octanol–water partition coefficient (Wildman–Crippen LogP) is 1.32. The molecule has 2 N–H and O–H groups in total. The second-order valence-corrected chi connectivity index (χ2v) is 4.66. The number of aromatic nitrogens is 2. The number of rotatable bonds is 6. The Hall–Kier alpha value is -0.870. The number of hydrogen-bond acceptors (Lipinski definition) is 3. The Balaban J connectivity index is 1.79. The summed E-state index contributed by atoms with van der Waals surface area (Å²) < 4.78 is 1.92. The Morgan fingerprint density at radius 1 is 1.62 bits per heavy atom. The van der Waals surface area contributed by atoms with E-state index in [0.29, 0.717) is 12.5 Å². The molecule has 0 amide bonds. The summed E-state index contributed by atoms with van der Waals surface area (Å²) in [6.45, 7) is 5.77. The van der Waals surface area contributed by atoms with E-state index in [1.165, 1.54) is 18.4 Å². The van der Waals surface area contributed by atoms with E-state index in [-0.39, 0.29) is 12.1 Å². The fourth-order valence-corrected chi connectivity index (χ4v) is 1.84. The smallest absolute Gasteiger partial charge is 0.0692 e. The maximum absolute atomic E-state index is 9.75. The molecule has 2 unspecified atom stereocenters. The highest BCUT2D eigenvalue weighted by Crippen LogP contribution is 2.32. The maximum atomic E-state index is 9.75. The summed E-state index contributed by atoms with van der Waals surface area (Å²) in [6.07, 6.45) is 6.14. The zero-order valence-corrected chi connectivity index (χ0v) is 10.1. The standard InChI is InChI=1S/C12H21N3O/c1-3-15-8-11(6-14-15)9(2)13-7-12(16)10-4-5-10/h6,8-10,12-13,16H,3-5,7H2,1-2H3. The van der Waals surface area contributed by atoms with Crippen LogP contribution in [0.2, 0.25) is 0 Å². The Kier molecular flexibility index (Phi) is 3.61. The van der Waals surface area contributed by atoms with Crippen molar-refractivity contribution < 1.29 is 5.11 Å². The third-order valence-corrected chi connectivity index (χ3v) is 3.28. The summed E-state index contributed by atoms with van der Waals surface area (Å²) in [5.41, 5.74) is 1.19. The van der Waals surface area contributed by atoms with E-state index in [9.17, 15) is 5.11 Å². The van der Waals surface area contributed by atoms with Gasteiger partial charge in [-0.2, -0.15) is 5.10 Å². The number of aliphatic hydroxyl groups is 1. The minimum atomic E-state index is -0.177. The number of aliphatic hydroxyl groups excluding tert-OH is 1. The first kappa shape index (κ1) is 11.6. The highest BCUT2D eigenvalue weighted by molar-refractivity contribution is 5.09. The molecule has 1 aliphatic rings. The van der Waals surface area contributed by atoms with Crippen molar-refractivity contribution in [3.63, 3.8) is 0 Å². The molecule has 90 valence electrons. The van der Waals surface area contributed by atoms with Crippen LogP contribution in [-0.2, 0) is 6.54 Å². The lowest BCUT2D eigenvalue weighted by atomic mass is 10.1. The number of hydrogen-bond donors (Lipinski definition) is 2. The van der Waals surface area contributed by atoms with E-state index in [1.807, 2.05) is 10.9 Å². The predicted molar refractivity (Wildman–Crippen MR) is 63.0 cm³/mol. The van der Waals surface area contributed by atoms with Gasteiger partial charge >= 0.3 is 0 Å². The van der Waals surface area contributed by atoms with Gasteiger partial charge in [0.1, 0.15) is 0 Å². The Morgan fingerprint density at radius 2 is 2.38 bits per heavy atom. The first-order chi connectivity index (χ1) is 7.70. The largest absolute Gasteiger partial charge is 0.392 e. The van der Waals surface area contributed by atoms with Crippen LogP contribution in [0, 0.1) is 5.92 Å². The highest BCUT2D eigenvalue weighted by Gasteiger charge is 2.29. The van der Waals surface area contributed by atoms with Crippen LogP contribution >= 0.6 is 0 Å². The zero-order valence-electron chi connectivity index (χ0n) is 10.1. The minimum absolute atomic E-state index is 0.177. The van der Waals surface area contributed by atoms with Gasteiger partial charge in [0.05, 0.1) is 12.3 Å². The normalized spacial score (nSPS) is 19.7. The van der Waals surface area contributed by atoms with Crippen LogP contribution < -0.4 is 5.32 Å². The van der Waals surface area contributed by atoms with E-state index in [0.717, 1.165) is 6.54 Å². The van der Waals surface area contributed by atoms with Crippen LogP contribution in [0.4, 0.5) is 0 Å². The molecule has 4 heteroatoms. The lowest BCUT2D eigenvalue weighted by Crippen LogP contribution is -2.30. The van der Waals surface area contributed by atoms with Gasteiger partial charge in [0.25, 0.3) is 0 Å². The average molecular weight is 223 g/mol. The summed E-state index contributed by atoms with van der Waals surface area (Å²) in [5, 5.41) is 17.4. The lowest BCUT2D eigenvalue weighted by Gasteiger charge is -2.15. The van der Waals surface area contributed by atoms with Gasteiger partial charge in [-0.1, -0.05) is 0 Å². The fraction of sp³-hybridized carbons (Fsp3) is 0.750. The number of aryl methyl sites for hydroxylation is 1. The van der Waals surface area contributed by atoms with Crippen molar-refractivity contribution in [3.05, 3.63) is 18.0 Å². The van der Waals surface area contributed by atoms with Gasteiger partial charge in [-0.15, -0.1) is 0 Å². The summed E-state index contributed by atoms with van der Waals surface area (Å²) in [6, 6.07) is 0.258. The second kappa shape index (κ2) is 4.97. The van der Waals surface area contributed by atoms with Gasteiger partial charge < -0.3 is 10.4 Å². The van der Waals surface area contributed by atoms with Crippen LogP contribution in [0.25, 0.3) is 0 Å². The fourth-order valence-electron chi connectivity index (χ4n) is 1.84. The van der Waals surface area contributed by atoms with Crippen molar-refractivity contribution in [1.82, 2.24) is 15.1 Å². The molecule has 0 radical (unpaired) electrons. The van der Waals surface area contributed by atoms with Crippen molar-refractivity contribution >= 4 is 0 Å². The molecular formula is C12H21N3O. The zero-order chi connectivity index (χ0) is 11.5. The first-order valence-electron chi connectivity index (χ1n) is 6.14. The molecule has 1 heterocycles. The molecule has 0 aliphatic heterocycles. The molecule has 0 aromatic carbocycles. The lowest BCUT2D eigenvalue weighted by molar-refractivity contribution is 0.145. The van der Waals surface area contributed by atoms with Crippen molar-refractivity contribution in [1.29, 1.82) is 0 Å². The monoisotopic (exact) mass is 223 g/mol. The summed E-state index contributed by atoms with van der Waals surface area (Å²) >= 11 is 0. The summed E-state index contributed by atoms with van der Waals surface area (Å²) in [7, 11) is 0. The SMILES string of the molecule is CCn1cc(C(C)NCC(O)C2CC2)cn1. The third kappa shape index (κ3) is 2.83. The van der Waals surface area contributed by atoms with Crippen molar-refractivity contribution in [2.24, 2.45) is 5.92 Å². The Bertz CT molecular complexity index is 333. The van der Waals surface area contributed by atoms with Gasteiger partial charge in [-0.3, -0.25) is 4.68 Å². The Labute approximate surface area is 96.7 Å². The van der Waals surface area contributed by atoms with Crippen molar-refractivity contribution in [3.8, 4) is 0 Å². The molecule has 0 spiro atoms. The molecule has 1 fully saturated rings. The molecule has 1 aliphatic carbocycles. The molecule has 0 saturated heterocycles. The van der Waals surface area contributed by atoms with E-state index >= 15 is 0 Å². The van der Waals surface area contributed by atoms with Crippen LogP contribution in [0.3, 0.4) is 0 Å². The molecule has 0 bridgehead atoms. The Morgan fingerprint density at radius 3 is 2.94 bits per heavy atom. The van der Waals surface area contributed by atoms with E-state index < -0.39 is 0 Å². The van der Waals surface area contributed by atoms with Gasteiger partial charge in [0.2, 0.25) is 0 Å². The average Bonchev–Trinajstić information content (AvgIpc) is 3.03. The van der Waals surface area contributed by atoms with Crippen LogP contribution in [-0.4, -0.2) is 27.5 Å². The van der Waals surface area contributed by atoms with Crippen LogP contribution in [0.5, 0.6) is 0 Å². The summed E-state index contributed by atoms with van der Waals surface area (Å²) in [5.74, 6) is 0.540. The molecule has 1 aromatic rings. The van der Waals surface area contributed by atoms with Crippen molar-refractivity contribution in [2.75, 3.05) is 6.54 Å². The molecule has 2 atom stereocenters. The molecule has 16 heavy (non-hydrogen) atoms. The third-order valence-electron chi connectivity index (χ3n) is 3.28. The van der Waals surface area contributed by atoms with Crippen LogP contribution in [0.1, 0.15) is 38.3 Å². The number of nitrogens with one attached hydrogen (secondary N) is 1. The van der Waals surface area contributed by atoms with Gasteiger partial charge in [0.15, 0.2) is 0 Å². The topological polar surface area (TPSA) is 50.1 Å².